The number of allylic oxidation sites excluding steroid dienone is 1. The molecule has 12 heteroatoms. The van der Waals surface area contributed by atoms with E-state index in [0.29, 0.717) is 47.6 Å². The second-order valence-electron chi connectivity index (χ2n) is 14.3. The van der Waals surface area contributed by atoms with Crippen LogP contribution in [0.1, 0.15) is 107 Å². The van der Waals surface area contributed by atoms with Crippen LogP contribution in [0.2, 0.25) is 6.04 Å². The maximum absolute atomic E-state index is 13.9. The van der Waals surface area contributed by atoms with Crippen molar-refractivity contribution in [3.05, 3.63) is 112 Å². The summed E-state index contributed by atoms with van der Waals surface area (Å²) in [5, 5.41) is 9.67. The molecule has 1 aliphatic carbocycles. The summed E-state index contributed by atoms with van der Waals surface area (Å²) in [5.74, 6) is -1.41. The fraction of sp³-hybridized carbons (Fsp3) is 0.444. The first-order valence-electron chi connectivity index (χ1n) is 18.2. The van der Waals surface area contributed by atoms with Gasteiger partial charge >= 0.3 is 26.7 Å². The summed E-state index contributed by atoms with van der Waals surface area (Å²) in [4.78, 5) is 43.8. The van der Waals surface area contributed by atoms with Crippen molar-refractivity contribution in [3.8, 4) is 17.2 Å². The first kappa shape index (κ1) is 48.0. The van der Waals surface area contributed by atoms with Gasteiger partial charge in [0.05, 0.1) is 42.8 Å². The van der Waals surface area contributed by atoms with E-state index in [2.05, 4.69) is 4.85 Å². The molecule has 0 amide bonds. The van der Waals surface area contributed by atoms with Crippen molar-refractivity contribution in [2.24, 2.45) is 10.8 Å². The van der Waals surface area contributed by atoms with Crippen LogP contribution < -0.4 is 0 Å². The van der Waals surface area contributed by atoms with Gasteiger partial charge in [-0.3, -0.25) is 9.59 Å². The van der Waals surface area contributed by atoms with E-state index in [0.717, 1.165) is 22.3 Å². The van der Waals surface area contributed by atoms with Crippen molar-refractivity contribution < 1.29 is 41.9 Å². The molecule has 1 aliphatic rings. The number of benzene rings is 3. The highest BCUT2D eigenvalue weighted by Crippen LogP contribution is 2.48. The molecule has 0 spiro atoms. The SMILES string of the molecule is C.C.[C-]#[N+]/C(C#N)=C1/c2ccccc2-c2c(C(=O)OCc3ccc(C(C)CC(C)(CC(C)(CC)C(=O)OC)C(=O)OCCC[Si](OC)(OC)OC)cc3)cccc21. The van der Waals surface area contributed by atoms with E-state index in [9.17, 15) is 19.6 Å². The summed E-state index contributed by atoms with van der Waals surface area (Å²) >= 11 is 0. The van der Waals surface area contributed by atoms with Crippen LogP contribution in [0.4, 0.5) is 0 Å². The third kappa shape index (κ3) is 10.4. The van der Waals surface area contributed by atoms with E-state index in [-0.39, 0.29) is 52.1 Å². The molecule has 0 bridgehead atoms. The zero-order valence-corrected chi connectivity index (χ0v) is 33.9. The lowest BCUT2D eigenvalue weighted by Crippen LogP contribution is -2.43. The average Bonchev–Trinajstić information content (AvgIpc) is 3.54. The number of nitrogens with zero attached hydrogens (tertiary/aromatic N) is 2. The number of methoxy groups -OCH3 is 1. The summed E-state index contributed by atoms with van der Waals surface area (Å²) in [6, 6.07) is 22.8. The van der Waals surface area contributed by atoms with Gasteiger partial charge in [-0.1, -0.05) is 89.4 Å². The number of hydrogen-bond donors (Lipinski definition) is 0. The Balaban J connectivity index is 0.00000561. The molecule has 0 radical (unpaired) electrons. The zero-order valence-electron chi connectivity index (χ0n) is 32.9. The van der Waals surface area contributed by atoms with Gasteiger partial charge in [0.15, 0.2) is 0 Å². The monoisotopic (exact) mass is 798 g/mol. The molecule has 0 saturated carbocycles. The van der Waals surface area contributed by atoms with E-state index >= 15 is 0 Å². The number of ether oxygens (including phenoxy) is 3. The predicted molar refractivity (Wildman–Crippen MR) is 222 cm³/mol. The van der Waals surface area contributed by atoms with Crippen LogP contribution in [0.5, 0.6) is 0 Å². The van der Waals surface area contributed by atoms with E-state index < -0.39 is 31.6 Å². The molecule has 0 aromatic heterocycles. The van der Waals surface area contributed by atoms with Gasteiger partial charge in [0.1, 0.15) is 6.61 Å². The van der Waals surface area contributed by atoms with Crippen LogP contribution in [-0.2, 0) is 43.7 Å². The standard InChI is InChI=1S/C43H50N2O9Si.2CH4/c1-10-42(3,40(47)49-6)28-43(4,41(48)53-23-14-24-55(50-7,51-8)52-9)25-29(2)31-21-19-30(20-22-31)27-54-39(46)35-18-13-17-34-37(35)32-15-11-12-16-33(32)38(34)36(26-44)45-5;;/h11-13,15-22,29H,10,14,23-25,27-28H2,1-4,6-9H3;2*1H4/b38-36-;;. The Morgan fingerprint density at radius 3 is 2.02 bits per heavy atom. The van der Waals surface area contributed by atoms with Crippen LogP contribution in [0.25, 0.3) is 21.5 Å². The second-order valence-corrected chi connectivity index (χ2v) is 17.4. The second kappa shape index (κ2) is 20.9. The van der Waals surface area contributed by atoms with Crippen molar-refractivity contribution >= 4 is 32.3 Å². The minimum atomic E-state index is -2.83. The molecule has 3 unspecified atom stereocenters. The molecule has 3 aromatic rings. The van der Waals surface area contributed by atoms with Crippen molar-refractivity contribution in [1.82, 2.24) is 0 Å². The average molecular weight is 799 g/mol. The molecule has 3 atom stereocenters. The highest BCUT2D eigenvalue weighted by Gasteiger charge is 2.46. The lowest BCUT2D eigenvalue weighted by atomic mass is 9.67. The third-order valence-corrected chi connectivity index (χ3v) is 13.5. The topological polar surface area (TPSA) is 135 Å². The van der Waals surface area contributed by atoms with Crippen LogP contribution in [0.3, 0.4) is 0 Å². The molecular weight excluding hydrogens is 741 g/mol. The summed E-state index contributed by atoms with van der Waals surface area (Å²) in [6.07, 6.45) is 1.59. The Labute approximate surface area is 340 Å². The first-order chi connectivity index (χ1) is 26.3. The smallest absolute Gasteiger partial charge is 0.469 e. The third-order valence-electron chi connectivity index (χ3n) is 10.7. The number of fused-ring (bicyclic) bond motifs is 3. The Bertz CT molecular complexity index is 1970. The van der Waals surface area contributed by atoms with Crippen molar-refractivity contribution in [2.45, 2.75) is 86.8 Å². The van der Waals surface area contributed by atoms with Crippen LogP contribution in [0.15, 0.2) is 72.4 Å². The van der Waals surface area contributed by atoms with Crippen molar-refractivity contribution in [2.75, 3.05) is 35.0 Å². The number of esters is 3. The number of nitriles is 1. The highest BCUT2D eigenvalue weighted by molar-refractivity contribution is 6.60. The van der Waals surface area contributed by atoms with Gasteiger partial charge in [-0.25, -0.2) is 14.9 Å². The molecule has 0 aliphatic heterocycles. The molecule has 306 valence electrons. The lowest BCUT2D eigenvalue weighted by Gasteiger charge is -2.37. The number of carbonyl (C=O) groups is 3. The Kier molecular flexibility index (Phi) is 17.6. The van der Waals surface area contributed by atoms with E-state index in [1.165, 1.54) is 28.4 Å². The molecule has 0 heterocycles. The maximum atomic E-state index is 13.9. The minimum Gasteiger partial charge on any atom is -0.469 e. The van der Waals surface area contributed by atoms with Gasteiger partial charge < -0.3 is 27.5 Å². The van der Waals surface area contributed by atoms with Crippen LogP contribution in [-0.4, -0.2) is 61.8 Å². The fourth-order valence-electron chi connectivity index (χ4n) is 7.50. The van der Waals surface area contributed by atoms with Crippen molar-refractivity contribution in [1.29, 1.82) is 5.26 Å². The van der Waals surface area contributed by atoms with Gasteiger partial charge in [-0.15, -0.1) is 0 Å². The van der Waals surface area contributed by atoms with Crippen molar-refractivity contribution in [3.63, 3.8) is 0 Å². The van der Waals surface area contributed by atoms with E-state index in [1.54, 1.807) is 12.1 Å². The van der Waals surface area contributed by atoms with Gasteiger partial charge in [0.2, 0.25) is 0 Å². The quantitative estimate of drug-likeness (QED) is 0.0239. The van der Waals surface area contributed by atoms with Gasteiger partial charge in [0.25, 0.3) is 5.70 Å². The number of rotatable bonds is 18. The molecular formula is C45H58N2O9Si. The molecule has 0 saturated heterocycles. The maximum Gasteiger partial charge on any atom is 0.500 e. The molecule has 11 nitrogen and oxygen atoms in total. The Morgan fingerprint density at radius 2 is 1.46 bits per heavy atom. The summed E-state index contributed by atoms with van der Waals surface area (Å²) in [6.45, 7) is 15.3. The first-order valence-corrected chi connectivity index (χ1v) is 20.1. The van der Waals surface area contributed by atoms with Gasteiger partial charge in [0, 0.05) is 38.5 Å². The summed E-state index contributed by atoms with van der Waals surface area (Å²) < 4.78 is 33.3. The molecule has 3 aromatic carbocycles. The van der Waals surface area contributed by atoms with Gasteiger partial charge in [-0.2, -0.15) is 0 Å². The minimum absolute atomic E-state index is 0. The summed E-state index contributed by atoms with van der Waals surface area (Å²) in [5.41, 5.74) is 3.41. The predicted octanol–water partition coefficient (Wildman–Crippen LogP) is 9.79. The Morgan fingerprint density at radius 1 is 0.842 bits per heavy atom. The summed E-state index contributed by atoms with van der Waals surface area (Å²) in [7, 11) is 3.14. The van der Waals surface area contributed by atoms with Crippen LogP contribution in [0, 0.1) is 28.7 Å². The zero-order chi connectivity index (χ0) is 40.4. The lowest BCUT2D eigenvalue weighted by molar-refractivity contribution is -0.163. The Hall–Kier alpha value is -5.11. The number of hydrogen-bond acceptors (Lipinski definition) is 10. The molecule has 0 N–H and O–H groups in total. The van der Waals surface area contributed by atoms with Gasteiger partial charge in [-0.05, 0) is 79.3 Å². The highest BCUT2D eigenvalue weighted by atomic mass is 28.4. The largest absolute Gasteiger partial charge is 0.500 e. The van der Waals surface area contributed by atoms with E-state index in [1.807, 2.05) is 88.4 Å². The normalized spacial score (nSPS) is 15.0. The molecule has 4 rings (SSSR count). The molecule has 57 heavy (non-hydrogen) atoms. The number of carbonyl (C=O) groups excluding carboxylic acids is 3. The molecule has 0 fully saturated rings. The fourth-order valence-corrected chi connectivity index (χ4v) is 9.19. The van der Waals surface area contributed by atoms with E-state index in [4.69, 9.17) is 34.1 Å². The van der Waals surface area contributed by atoms with Crippen LogP contribution >= 0.6 is 0 Å².